The van der Waals surface area contributed by atoms with Crippen molar-refractivity contribution in [2.75, 3.05) is 26.4 Å². The molecule has 0 aliphatic carbocycles. The van der Waals surface area contributed by atoms with Gasteiger partial charge in [0.1, 0.15) is 52.4 Å². The number of rotatable bonds is 17. The monoisotopic (exact) mass is 956 g/mol. The van der Waals surface area contributed by atoms with Gasteiger partial charge in [0.2, 0.25) is 5.88 Å². The van der Waals surface area contributed by atoms with Gasteiger partial charge in [-0.05, 0) is 73.0 Å². The second kappa shape index (κ2) is 18.8. The molecule has 0 bridgehead atoms. The second-order valence-corrected chi connectivity index (χ2v) is 17.3. The Balaban J connectivity index is 1.42. The molecule has 340 valence electrons. The number of phenolic OH excluding ortho intramolecular Hbond substituents is 1. The molecule has 8 N–H and O–H groups in total. The second-order valence-electron chi connectivity index (χ2n) is 13.1. The predicted octanol–water partition coefficient (Wildman–Crippen LogP) is 6.17. The van der Waals surface area contributed by atoms with Gasteiger partial charge < -0.3 is 35.0 Å². The third-order valence-corrected chi connectivity index (χ3v) is 11.3. The fourth-order valence-electron chi connectivity index (χ4n) is 5.73. The molecule has 0 saturated carbocycles. The van der Waals surface area contributed by atoms with E-state index in [-0.39, 0.29) is 80.2 Å². The van der Waals surface area contributed by atoms with Crippen LogP contribution in [0.3, 0.4) is 0 Å². The summed E-state index contributed by atoms with van der Waals surface area (Å²) in [5.41, 5.74) is -2.04. The molecule has 25 nitrogen and oxygen atoms in total. The van der Waals surface area contributed by atoms with E-state index in [2.05, 4.69) is 35.8 Å². The molecule has 0 spiro atoms. The molecule has 6 rings (SSSR count). The zero-order chi connectivity index (χ0) is 47.4. The van der Waals surface area contributed by atoms with Gasteiger partial charge in [0.25, 0.3) is 30.4 Å². The van der Waals surface area contributed by atoms with Crippen LogP contribution in [0.1, 0.15) is 16.1 Å². The number of aryl methyl sites for hydroxylation is 1. The number of aliphatic hydroxyl groups excluding tert-OH is 2. The molecule has 0 aliphatic rings. The van der Waals surface area contributed by atoms with Crippen LogP contribution in [0, 0.1) is 6.92 Å². The summed E-state index contributed by atoms with van der Waals surface area (Å²) in [5.74, 6) is -3.46. The molecule has 65 heavy (non-hydrogen) atoms. The lowest BCUT2D eigenvalue weighted by atomic mass is 10.1. The van der Waals surface area contributed by atoms with Crippen LogP contribution in [0.25, 0.3) is 16.5 Å². The zero-order valence-corrected chi connectivity index (χ0v) is 35.3. The highest BCUT2D eigenvalue weighted by Gasteiger charge is 2.25. The maximum Gasteiger partial charge on any atom is 0.338 e. The third-order valence-electron chi connectivity index (χ3n) is 8.72. The summed E-state index contributed by atoms with van der Waals surface area (Å²) in [4.78, 5) is 9.88. The van der Waals surface area contributed by atoms with E-state index >= 15 is 0 Å². The van der Waals surface area contributed by atoms with Gasteiger partial charge in [-0.25, -0.2) is 4.79 Å². The van der Waals surface area contributed by atoms with Crippen LogP contribution in [0.15, 0.2) is 124 Å². The normalized spacial score (nSPS) is 12.5. The number of aliphatic hydroxyl groups is 2. The minimum Gasteiger partial charge on any atom is -0.505 e. The number of aromatic carboxylic acids is 1. The van der Waals surface area contributed by atoms with E-state index in [9.17, 15) is 69.2 Å². The standard InChI is InChI=1S/C37H32N8O17S3/c1-19-33(42-38-21-3-6-23(7-4-21)63(52,53)54)36(49)45(44-19)22-5-2-20-14-32(65(58,59)60)34(35(48)25(20)15-22)43-41-29-18-30(61-12-10-46)28(17-31(29)62-13-11-47)40-39-27-9-8-24(64(55,56)57)16-26(27)37(50)51/h2-9,14-18,46-49H,10-13H2,1H3,(H,50,51)(H,52,53,54)(H,55,56,57)(H,58,59,60)/b40-39+,42-38+,43-41+. The van der Waals surface area contributed by atoms with Crippen LogP contribution in [0.4, 0.5) is 34.1 Å². The highest BCUT2D eigenvalue weighted by molar-refractivity contribution is 7.86. The van der Waals surface area contributed by atoms with Crippen LogP contribution < -0.4 is 9.47 Å². The highest BCUT2D eigenvalue weighted by atomic mass is 32.2. The van der Waals surface area contributed by atoms with Crippen molar-refractivity contribution in [2.24, 2.45) is 30.7 Å². The summed E-state index contributed by atoms with van der Waals surface area (Å²) < 4.78 is 112. The Hall–Kier alpha value is -7.31. The zero-order valence-electron chi connectivity index (χ0n) is 32.9. The fraction of sp³-hybridized carbons (Fsp3) is 0.135. The van der Waals surface area contributed by atoms with Gasteiger partial charge in [0, 0.05) is 17.5 Å². The first-order valence-electron chi connectivity index (χ1n) is 18.0. The van der Waals surface area contributed by atoms with Crippen LogP contribution >= 0.6 is 0 Å². The maximum absolute atomic E-state index is 12.6. The number of carboxylic acids is 1. The largest absolute Gasteiger partial charge is 0.505 e. The molecule has 0 fully saturated rings. The molecular formula is C37H32N8O17S3. The van der Waals surface area contributed by atoms with Gasteiger partial charge in [-0.15, -0.1) is 25.6 Å². The first-order chi connectivity index (χ1) is 30.6. The third kappa shape index (κ3) is 10.7. The number of fused-ring (bicyclic) bond motifs is 1. The molecule has 0 atom stereocenters. The predicted molar refractivity (Wildman–Crippen MR) is 223 cm³/mol. The average molecular weight is 957 g/mol. The lowest BCUT2D eigenvalue weighted by molar-refractivity contribution is 0.0697. The molecule has 6 aromatic rings. The van der Waals surface area contributed by atoms with Gasteiger partial charge >= 0.3 is 5.97 Å². The number of hydrogen-bond acceptors (Lipinski definition) is 20. The van der Waals surface area contributed by atoms with Gasteiger partial charge in [-0.1, -0.05) is 6.07 Å². The summed E-state index contributed by atoms with van der Waals surface area (Å²) in [5, 5.41) is 79.3. The average Bonchev–Trinajstić information content (AvgIpc) is 3.53. The Kier molecular flexibility index (Phi) is 13.6. The summed E-state index contributed by atoms with van der Waals surface area (Å²) in [6, 6.07) is 14.3. The van der Waals surface area contributed by atoms with Crippen molar-refractivity contribution < 1.29 is 78.7 Å². The lowest BCUT2D eigenvalue weighted by Crippen LogP contribution is -2.04. The SMILES string of the molecule is Cc1nn(-c2ccc3cc(S(=O)(=O)O)c(/N=N/c4cc(OCCO)c(/N=N/c5ccc(S(=O)(=O)O)cc5C(=O)O)cc4OCCO)c(O)c3c2)c(O)c1/N=N/c1ccc(S(=O)(=O)O)cc1. The Bertz CT molecular complexity index is 3290. The summed E-state index contributed by atoms with van der Waals surface area (Å²) in [6.45, 7) is -0.313. The molecule has 28 heteroatoms. The van der Waals surface area contributed by atoms with Crippen molar-refractivity contribution in [1.29, 1.82) is 0 Å². The number of carbonyl (C=O) groups is 1. The number of benzene rings is 5. The minimum absolute atomic E-state index is 0.0505. The number of phenols is 1. The molecule has 1 heterocycles. The molecule has 0 unspecified atom stereocenters. The number of nitrogens with zero attached hydrogens (tertiary/aromatic N) is 8. The van der Waals surface area contributed by atoms with E-state index in [0.717, 1.165) is 47.1 Å². The molecule has 0 aliphatic heterocycles. The van der Waals surface area contributed by atoms with Gasteiger partial charge in [0.05, 0.1) is 45.6 Å². The lowest BCUT2D eigenvalue weighted by Gasteiger charge is -2.13. The van der Waals surface area contributed by atoms with E-state index < -0.39 is 82.2 Å². The molecular weight excluding hydrogens is 925 g/mol. The number of carboxylic acid groups (broad SMARTS) is 1. The van der Waals surface area contributed by atoms with E-state index in [4.69, 9.17) is 9.47 Å². The van der Waals surface area contributed by atoms with Gasteiger partial charge in [-0.2, -0.15) is 40.1 Å². The Morgan fingerprint density at radius 1 is 0.646 bits per heavy atom. The van der Waals surface area contributed by atoms with Crippen LogP contribution in [0.2, 0.25) is 0 Å². The first kappa shape index (κ1) is 47.2. The van der Waals surface area contributed by atoms with Crippen molar-refractivity contribution >= 4 is 81.2 Å². The molecule has 0 amide bonds. The number of aromatic hydroxyl groups is 2. The van der Waals surface area contributed by atoms with Gasteiger partial charge in [-0.3, -0.25) is 13.7 Å². The summed E-state index contributed by atoms with van der Waals surface area (Å²) in [7, 11) is -14.4. The molecule has 0 radical (unpaired) electrons. The topological polar surface area (TPSA) is 392 Å². The van der Waals surface area contributed by atoms with Crippen molar-refractivity contribution in [2.45, 2.75) is 21.6 Å². The number of hydrogen-bond donors (Lipinski definition) is 8. The quantitative estimate of drug-likeness (QED) is 0.0374. The van der Waals surface area contributed by atoms with E-state index in [0.29, 0.717) is 6.07 Å². The Morgan fingerprint density at radius 2 is 1.20 bits per heavy atom. The molecule has 0 saturated heterocycles. The Labute approximate surface area is 366 Å². The van der Waals surface area contributed by atoms with Crippen molar-refractivity contribution in [3.63, 3.8) is 0 Å². The molecule has 1 aromatic heterocycles. The van der Waals surface area contributed by atoms with E-state index in [1.165, 1.54) is 37.3 Å². The minimum atomic E-state index is -5.14. The van der Waals surface area contributed by atoms with E-state index in [1.807, 2.05) is 0 Å². The number of ether oxygens (including phenoxy) is 2. The highest BCUT2D eigenvalue weighted by Crippen LogP contribution is 2.46. The van der Waals surface area contributed by atoms with Crippen LogP contribution in [-0.4, -0.2) is 107 Å². The van der Waals surface area contributed by atoms with Crippen molar-refractivity contribution in [3.05, 3.63) is 90.1 Å². The van der Waals surface area contributed by atoms with E-state index in [1.54, 1.807) is 0 Å². The summed E-state index contributed by atoms with van der Waals surface area (Å²) >= 11 is 0. The smallest absolute Gasteiger partial charge is 0.338 e. The maximum atomic E-state index is 12.6. The van der Waals surface area contributed by atoms with Crippen LogP contribution in [0.5, 0.6) is 23.1 Å². The Morgan fingerprint density at radius 3 is 1.75 bits per heavy atom. The number of aromatic nitrogens is 2. The number of azo groups is 3. The molecule has 5 aromatic carbocycles. The fourth-order valence-corrected chi connectivity index (χ4v) is 7.38. The van der Waals surface area contributed by atoms with Crippen LogP contribution in [-0.2, 0) is 30.4 Å². The van der Waals surface area contributed by atoms with Crippen molar-refractivity contribution in [3.8, 4) is 28.8 Å². The summed E-state index contributed by atoms with van der Waals surface area (Å²) in [6.07, 6.45) is 0. The van der Waals surface area contributed by atoms with Crippen molar-refractivity contribution in [1.82, 2.24) is 9.78 Å². The first-order valence-corrected chi connectivity index (χ1v) is 22.3. The van der Waals surface area contributed by atoms with Gasteiger partial charge in [0.15, 0.2) is 11.4 Å².